The quantitative estimate of drug-likeness (QED) is 0.337. The van der Waals surface area contributed by atoms with E-state index in [2.05, 4.69) is 9.56 Å². The largest absolute Gasteiger partial charge is 0.497 e. The Hall–Kier alpha value is -3.78. The molecule has 0 radical (unpaired) electrons. The molecule has 1 aliphatic rings. The molecule has 1 aliphatic heterocycles. The number of carbonyl (C=O) groups is 2. The molecular formula is C27H27N3O4S. The maximum atomic E-state index is 12.9. The van der Waals surface area contributed by atoms with Crippen LogP contribution in [0.3, 0.4) is 0 Å². The van der Waals surface area contributed by atoms with E-state index in [9.17, 15) is 9.59 Å². The van der Waals surface area contributed by atoms with Gasteiger partial charge in [0.2, 0.25) is 0 Å². The zero-order valence-electron chi connectivity index (χ0n) is 20.4. The summed E-state index contributed by atoms with van der Waals surface area (Å²) in [7, 11) is 3.34. The van der Waals surface area contributed by atoms with Gasteiger partial charge in [-0.05, 0) is 92.7 Å². The van der Waals surface area contributed by atoms with Crippen LogP contribution in [0.15, 0.2) is 64.5 Å². The van der Waals surface area contributed by atoms with Gasteiger partial charge in [-0.25, -0.2) is 9.79 Å². The summed E-state index contributed by atoms with van der Waals surface area (Å²) in [6, 6.07) is 16.8. The van der Waals surface area contributed by atoms with Gasteiger partial charge >= 0.3 is 5.97 Å². The maximum Gasteiger partial charge on any atom is 0.338 e. The Morgan fingerprint density at radius 1 is 1.11 bits per heavy atom. The highest BCUT2D eigenvalue weighted by Gasteiger charge is 2.30. The van der Waals surface area contributed by atoms with E-state index < -0.39 is 0 Å². The number of rotatable bonds is 6. The molecule has 1 fully saturated rings. The van der Waals surface area contributed by atoms with Crippen molar-refractivity contribution in [2.24, 2.45) is 4.99 Å². The molecule has 3 aromatic rings. The van der Waals surface area contributed by atoms with Crippen LogP contribution in [0.25, 0.3) is 11.8 Å². The first-order valence-corrected chi connectivity index (χ1v) is 12.0. The molecule has 4 rings (SSSR count). The van der Waals surface area contributed by atoms with Crippen LogP contribution in [-0.4, -0.2) is 47.3 Å². The average Bonchev–Trinajstić information content (AvgIpc) is 3.29. The number of aliphatic imine (C=N–C) groups is 1. The molecule has 2 aromatic carbocycles. The van der Waals surface area contributed by atoms with E-state index in [1.54, 1.807) is 32.0 Å². The molecule has 0 saturated carbocycles. The van der Waals surface area contributed by atoms with Crippen LogP contribution >= 0.6 is 11.8 Å². The van der Waals surface area contributed by atoms with E-state index in [0.717, 1.165) is 34.1 Å². The summed E-state index contributed by atoms with van der Waals surface area (Å²) in [6.07, 6.45) is 1.90. The number of aryl methyl sites for hydroxylation is 1. The number of thioether (sulfide) groups is 1. The second kappa shape index (κ2) is 10.2. The molecule has 0 spiro atoms. The zero-order chi connectivity index (χ0) is 25.1. The Balaban J connectivity index is 1.64. The highest BCUT2D eigenvalue weighted by molar-refractivity contribution is 8.18. The maximum absolute atomic E-state index is 12.9. The number of hydrogen-bond acceptors (Lipinski definition) is 6. The fourth-order valence-corrected chi connectivity index (χ4v) is 4.86. The normalized spacial score (nSPS) is 15.8. The number of benzene rings is 2. The zero-order valence-corrected chi connectivity index (χ0v) is 21.2. The van der Waals surface area contributed by atoms with Crippen molar-refractivity contribution in [1.29, 1.82) is 0 Å². The Labute approximate surface area is 209 Å². The first-order chi connectivity index (χ1) is 16.8. The molecule has 7 nitrogen and oxygen atoms in total. The number of amides is 1. The average molecular weight is 490 g/mol. The summed E-state index contributed by atoms with van der Waals surface area (Å²) < 4.78 is 12.4. The predicted octanol–water partition coefficient (Wildman–Crippen LogP) is 5.51. The second-order valence-electron chi connectivity index (χ2n) is 8.00. The first-order valence-electron chi connectivity index (χ1n) is 11.2. The van der Waals surface area contributed by atoms with Crippen LogP contribution in [-0.2, 0) is 9.53 Å². The lowest BCUT2D eigenvalue weighted by Crippen LogP contribution is -2.23. The fourth-order valence-electron chi connectivity index (χ4n) is 3.88. The lowest BCUT2D eigenvalue weighted by Gasteiger charge is -2.11. The van der Waals surface area contributed by atoms with Gasteiger partial charge in [0.25, 0.3) is 5.91 Å². The van der Waals surface area contributed by atoms with Crippen molar-refractivity contribution < 1.29 is 19.1 Å². The van der Waals surface area contributed by atoms with Gasteiger partial charge in [0.05, 0.1) is 29.9 Å². The molecule has 0 atom stereocenters. The van der Waals surface area contributed by atoms with E-state index in [1.165, 1.54) is 11.8 Å². The fraction of sp³-hybridized carbons (Fsp3) is 0.222. The summed E-state index contributed by atoms with van der Waals surface area (Å²) in [4.78, 5) is 31.9. The van der Waals surface area contributed by atoms with Crippen molar-refractivity contribution in [3.63, 3.8) is 0 Å². The van der Waals surface area contributed by atoms with Crippen molar-refractivity contribution in [2.75, 3.05) is 20.8 Å². The van der Waals surface area contributed by atoms with E-state index in [-0.39, 0.29) is 11.9 Å². The molecule has 0 bridgehead atoms. The van der Waals surface area contributed by atoms with Gasteiger partial charge in [0.15, 0.2) is 5.17 Å². The number of methoxy groups -OCH3 is 1. The van der Waals surface area contributed by atoms with E-state index in [1.807, 2.05) is 68.5 Å². The molecule has 0 N–H and O–H groups in total. The van der Waals surface area contributed by atoms with Gasteiger partial charge in [-0.3, -0.25) is 9.69 Å². The van der Waals surface area contributed by atoms with Gasteiger partial charge in [0.1, 0.15) is 5.75 Å². The van der Waals surface area contributed by atoms with E-state index in [0.29, 0.717) is 22.2 Å². The summed E-state index contributed by atoms with van der Waals surface area (Å²) >= 11 is 1.34. The van der Waals surface area contributed by atoms with Gasteiger partial charge in [-0.1, -0.05) is 6.07 Å². The molecule has 0 unspecified atom stereocenters. The van der Waals surface area contributed by atoms with Crippen LogP contribution in [0.4, 0.5) is 5.69 Å². The van der Waals surface area contributed by atoms with Crippen LogP contribution < -0.4 is 4.74 Å². The highest BCUT2D eigenvalue weighted by atomic mass is 32.2. The summed E-state index contributed by atoms with van der Waals surface area (Å²) in [5, 5.41) is 0.613. The predicted molar refractivity (Wildman–Crippen MR) is 140 cm³/mol. The second-order valence-corrected chi connectivity index (χ2v) is 9.01. The van der Waals surface area contributed by atoms with Crippen molar-refractivity contribution in [3.05, 3.63) is 82.0 Å². The Bertz CT molecular complexity index is 1340. The van der Waals surface area contributed by atoms with Crippen LogP contribution in [0, 0.1) is 13.8 Å². The third-order valence-electron chi connectivity index (χ3n) is 5.67. The van der Waals surface area contributed by atoms with Crippen LogP contribution in [0.1, 0.15) is 34.2 Å². The standard InChI is InChI=1S/C27H27N3O4S/c1-6-34-26(32)19-8-7-9-22(15-19)30-17(2)14-20(18(30)3)16-24-25(31)29(4)27(35-24)28-21-10-12-23(33-5)13-11-21/h7-16H,6H2,1-5H3/b24-16-,28-27?. The lowest BCUT2D eigenvalue weighted by atomic mass is 10.2. The van der Waals surface area contributed by atoms with Crippen molar-refractivity contribution in [2.45, 2.75) is 20.8 Å². The SMILES string of the molecule is CCOC(=O)c1cccc(-n2c(C)cc(/C=C3\SC(=Nc4ccc(OC)cc4)N(C)C3=O)c2C)c1. The lowest BCUT2D eigenvalue weighted by molar-refractivity contribution is -0.121. The Morgan fingerprint density at radius 3 is 2.54 bits per heavy atom. The van der Waals surface area contributed by atoms with E-state index >= 15 is 0 Å². The first kappa shape index (κ1) is 24.3. The monoisotopic (exact) mass is 489 g/mol. The smallest absolute Gasteiger partial charge is 0.338 e. The Kier molecular flexibility index (Phi) is 7.12. The summed E-state index contributed by atoms with van der Waals surface area (Å²) in [5.74, 6) is 0.302. The van der Waals surface area contributed by atoms with Gasteiger partial charge in [-0.15, -0.1) is 0 Å². The topological polar surface area (TPSA) is 73.1 Å². The van der Waals surface area contributed by atoms with Gasteiger partial charge < -0.3 is 14.0 Å². The number of nitrogens with zero attached hydrogens (tertiary/aromatic N) is 3. The van der Waals surface area contributed by atoms with Crippen molar-refractivity contribution >= 4 is 40.6 Å². The number of ether oxygens (including phenoxy) is 2. The molecule has 8 heteroatoms. The third-order valence-corrected chi connectivity index (χ3v) is 6.73. The highest BCUT2D eigenvalue weighted by Crippen LogP contribution is 2.34. The third kappa shape index (κ3) is 5.02. The molecule has 1 saturated heterocycles. The molecular weight excluding hydrogens is 462 g/mol. The number of likely N-dealkylation sites (N-methyl/N-ethyl adjacent to an activating group) is 1. The minimum Gasteiger partial charge on any atom is -0.497 e. The number of amidine groups is 1. The molecule has 1 aromatic heterocycles. The number of carbonyl (C=O) groups excluding carboxylic acids is 2. The van der Waals surface area contributed by atoms with Crippen molar-refractivity contribution in [3.8, 4) is 11.4 Å². The van der Waals surface area contributed by atoms with Crippen LogP contribution in [0.5, 0.6) is 5.75 Å². The summed E-state index contributed by atoms with van der Waals surface area (Å²) in [5.41, 5.74) is 4.99. The van der Waals surface area contributed by atoms with Crippen LogP contribution in [0.2, 0.25) is 0 Å². The molecule has 1 amide bonds. The minimum absolute atomic E-state index is 0.101. The summed E-state index contributed by atoms with van der Waals surface area (Å²) in [6.45, 7) is 6.11. The molecule has 35 heavy (non-hydrogen) atoms. The van der Waals surface area contributed by atoms with Gasteiger partial charge in [0, 0.05) is 24.1 Å². The number of esters is 1. The minimum atomic E-state index is -0.348. The number of hydrogen-bond donors (Lipinski definition) is 0. The van der Waals surface area contributed by atoms with E-state index in [4.69, 9.17) is 9.47 Å². The van der Waals surface area contributed by atoms with Crippen molar-refractivity contribution in [1.82, 2.24) is 9.47 Å². The molecule has 2 heterocycles. The van der Waals surface area contributed by atoms with Gasteiger partial charge in [-0.2, -0.15) is 0 Å². The Morgan fingerprint density at radius 2 is 1.86 bits per heavy atom. The molecule has 180 valence electrons. The number of aromatic nitrogens is 1. The molecule has 0 aliphatic carbocycles.